The average Bonchev–Trinajstić information content (AvgIpc) is 2.80. The molecule has 4 aromatic rings. The zero-order valence-corrected chi connectivity index (χ0v) is 21.3. The van der Waals surface area contributed by atoms with Crippen LogP contribution in [0.25, 0.3) is 21.5 Å². The smallest absolute Gasteiger partial charge is 0.375 e. The van der Waals surface area contributed by atoms with E-state index in [1.54, 1.807) is 12.1 Å². The highest BCUT2D eigenvalue weighted by molar-refractivity contribution is 14.0. The van der Waals surface area contributed by atoms with Gasteiger partial charge >= 0.3 is 15.6 Å². The van der Waals surface area contributed by atoms with E-state index in [1.807, 2.05) is 13.0 Å². The normalized spacial score (nSPS) is 11.3. The largest absolute Gasteiger partial charge is 0.534 e. The molecule has 0 atom stereocenters. The zero-order chi connectivity index (χ0) is 26.0. The van der Waals surface area contributed by atoms with E-state index in [4.69, 9.17) is 0 Å². The molecule has 4 rings (SSSR count). The fraction of sp³-hybridized carbons (Fsp3) is 0.0833. The first-order valence-corrected chi connectivity index (χ1v) is 11.1. The van der Waals surface area contributed by atoms with E-state index in [-0.39, 0.29) is 53.8 Å². The molecule has 4 aromatic carbocycles. The van der Waals surface area contributed by atoms with Crippen LogP contribution in [-0.4, -0.2) is 26.5 Å². The first-order chi connectivity index (χ1) is 16.4. The zero-order valence-electron chi connectivity index (χ0n) is 18.2. The maximum Gasteiger partial charge on any atom is 0.534 e. The number of alkyl halides is 3. The highest BCUT2D eigenvalue weighted by Crippen LogP contribution is 2.34. The van der Waals surface area contributed by atoms with Crippen LogP contribution in [0.2, 0.25) is 0 Å². The van der Waals surface area contributed by atoms with Crippen LogP contribution in [0.1, 0.15) is 27.7 Å². The summed E-state index contributed by atoms with van der Waals surface area (Å²) in [4.78, 5) is 21.7. The van der Waals surface area contributed by atoms with Gasteiger partial charge in [0.25, 0.3) is 0 Å². The Kier molecular flexibility index (Phi) is 9.13. The lowest BCUT2D eigenvalue weighted by atomic mass is 10.0. The summed E-state index contributed by atoms with van der Waals surface area (Å²) in [6, 6.07) is 13.3. The van der Waals surface area contributed by atoms with Crippen molar-refractivity contribution >= 4 is 68.2 Å². The number of carbonyl (C=O) groups excluding carboxylic acids is 2. The fourth-order valence-electron chi connectivity index (χ4n) is 3.38. The molecule has 0 saturated carbocycles. The molecular formula is C24H18F5IO5S. The summed E-state index contributed by atoms with van der Waals surface area (Å²) in [6.07, 6.45) is 1.02. The third-order valence-electron chi connectivity index (χ3n) is 4.95. The molecule has 0 unspecified atom stereocenters. The average molecular weight is 640 g/mol. The Labute approximate surface area is 220 Å². The molecule has 192 valence electrons. The molecule has 0 aliphatic heterocycles. The van der Waals surface area contributed by atoms with Crippen molar-refractivity contribution in [3.05, 3.63) is 89.0 Å². The van der Waals surface area contributed by atoms with Crippen LogP contribution in [0.5, 0.6) is 5.75 Å². The molecular weight excluding hydrogens is 622 g/mol. The Morgan fingerprint density at radius 2 is 1.25 bits per heavy atom. The van der Waals surface area contributed by atoms with E-state index in [0.29, 0.717) is 16.3 Å². The van der Waals surface area contributed by atoms with Crippen LogP contribution >= 0.6 is 24.0 Å². The number of halogens is 6. The Bertz CT molecular complexity index is 1560. The summed E-state index contributed by atoms with van der Waals surface area (Å²) >= 11 is 0. The minimum atomic E-state index is -5.92. The third kappa shape index (κ3) is 5.81. The molecule has 0 fully saturated rings. The Morgan fingerprint density at radius 3 is 1.75 bits per heavy atom. The van der Waals surface area contributed by atoms with Crippen molar-refractivity contribution in [3.63, 3.8) is 0 Å². The number of fused-ring (bicyclic) bond motifs is 2. The summed E-state index contributed by atoms with van der Waals surface area (Å²) in [6.45, 7) is 1.87. The molecule has 0 bridgehead atoms. The van der Waals surface area contributed by atoms with Gasteiger partial charge in [-0.05, 0) is 48.2 Å². The second-order valence-corrected chi connectivity index (χ2v) is 8.71. The van der Waals surface area contributed by atoms with E-state index in [9.17, 15) is 40.0 Å². The lowest BCUT2D eigenvalue weighted by Gasteiger charge is -2.12. The summed E-state index contributed by atoms with van der Waals surface area (Å²) < 4.78 is 90.0. The van der Waals surface area contributed by atoms with Crippen molar-refractivity contribution in [2.24, 2.45) is 0 Å². The molecule has 0 amide bonds. The molecule has 12 heteroatoms. The van der Waals surface area contributed by atoms with E-state index in [1.165, 1.54) is 18.2 Å². The van der Waals surface area contributed by atoms with Gasteiger partial charge in [-0.2, -0.15) is 21.6 Å². The molecule has 0 radical (unpaired) electrons. The molecule has 0 spiro atoms. The van der Waals surface area contributed by atoms with E-state index in [0.717, 1.165) is 36.1 Å². The lowest BCUT2D eigenvalue weighted by Crippen LogP contribution is -2.28. The van der Waals surface area contributed by atoms with Gasteiger partial charge in [-0.3, -0.25) is 9.59 Å². The fourth-order valence-corrected chi connectivity index (χ4v) is 3.85. The van der Waals surface area contributed by atoms with Crippen molar-refractivity contribution in [1.29, 1.82) is 0 Å². The first kappa shape index (κ1) is 29.1. The van der Waals surface area contributed by atoms with Gasteiger partial charge in [-0.15, -0.1) is 24.0 Å². The number of carbonyl (C=O) groups is 2. The number of benzene rings is 4. The van der Waals surface area contributed by atoms with Crippen molar-refractivity contribution in [3.8, 4) is 5.75 Å². The second-order valence-electron chi connectivity index (χ2n) is 7.17. The third-order valence-corrected chi connectivity index (χ3v) is 5.91. The van der Waals surface area contributed by atoms with Crippen molar-refractivity contribution in [2.75, 3.05) is 0 Å². The molecule has 0 saturated heterocycles. The molecule has 0 aliphatic rings. The quantitative estimate of drug-likeness (QED) is 0.0791. The predicted molar refractivity (Wildman–Crippen MR) is 136 cm³/mol. The maximum absolute atomic E-state index is 13.6. The molecule has 0 aliphatic carbocycles. The molecule has 0 N–H and O–H groups in total. The second kappa shape index (κ2) is 11.3. The van der Waals surface area contributed by atoms with Gasteiger partial charge in [-0.25, -0.2) is 8.78 Å². The van der Waals surface area contributed by atoms with Gasteiger partial charge in [0.1, 0.15) is 11.6 Å². The van der Waals surface area contributed by atoms with Gasteiger partial charge in [0, 0.05) is 28.7 Å². The minimum absolute atomic E-state index is 0. The summed E-state index contributed by atoms with van der Waals surface area (Å²) in [5.74, 6) is -1.88. The van der Waals surface area contributed by atoms with Crippen LogP contribution in [0.3, 0.4) is 0 Å². The monoisotopic (exact) mass is 640 g/mol. The van der Waals surface area contributed by atoms with Crippen molar-refractivity contribution in [2.45, 2.75) is 12.4 Å². The highest BCUT2D eigenvalue weighted by Gasteiger charge is 2.48. The summed E-state index contributed by atoms with van der Waals surface area (Å²) in [5.41, 5.74) is -4.37. The van der Waals surface area contributed by atoms with E-state index < -0.39 is 27.2 Å². The Balaban J connectivity index is 0.000000375. The van der Waals surface area contributed by atoms with Crippen LogP contribution in [0.15, 0.2) is 60.7 Å². The van der Waals surface area contributed by atoms with Gasteiger partial charge in [0.15, 0.2) is 18.3 Å². The number of aryl methyl sites for hydroxylation is 1. The van der Waals surface area contributed by atoms with Crippen LogP contribution < -0.4 is 4.18 Å². The van der Waals surface area contributed by atoms with Crippen LogP contribution in [0, 0.1) is 18.6 Å². The highest BCUT2D eigenvalue weighted by atomic mass is 127. The molecule has 0 heterocycles. The minimum Gasteiger partial charge on any atom is -0.375 e. The summed E-state index contributed by atoms with van der Waals surface area (Å²) in [5, 5.41) is 0.645. The number of rotatable bonds is 4. The van der Waals surface area contributed by atoms with Gasteiger partial charge < -0.3 is 4.18 Å². The SMILES string of the molecule is Cc1cccc2c(F)ccc(C=O)c12.I.O=Cc1ccc(F)c2cccc(OS(=O)(=O)C(F)(F)F)c12.[HH]. The number of hydrogen-bond donors (Lipinski definition) is 0. The Hall–Kier alpha value is -3.13. The van der Waals surface area contributed by atoms with E-state index >= 15 is 0 Å². The standard InChI is InChI=1S/C12H6F4O4S.C12H9FO.HI.H2/c13-9-5-4-7(6-17)11-8(9)2-1-3-10(11)20-21(18,19)12(14,15)16;1-8-3-2-4-10-11(13)6-5-9(7-14)12(8)10;;/h1-6H;2-7H,1H3;2*1H. The van der Waals surface area contributed by atoms with E-state index in [2.05, 4.69) is 4.18 Å². The van der Waals surface area contributed by atoms with Gasteiger partial charge in [-0.1, -0.05) is 30.3 Å². The first-order valence-electron chi connectivity index (χ1n) is 9.71. The number of aldehydes is 2. The van der Waals surface area contributed by atoms with Gasteiger partial charge in [0.05, 0.1) is 0 Å². The summed E-state index contributed by atoms with van der Waals surface area (Å²) in [7, 11) is -5.92. The maximum atomic E-state index is 13.6. The molecule has 36 heavy (non-hydrogen) atoms. The Morgan fingerprint density at radius 1 is 0.778 bits per heavy atom. The molecule has 0 aromatic heterocycles. The van der Waals surface area contributed by atoms with Crippen LogP contribution in [-0.2, 0) is 10.1 Å². The van der Waals surface area contributed by atoms with Crippen molar-refractivity contribution in [1.82, 2.24) is 0 Å². The molecule has 5 nitrogen and oxygen atoms in total. The topological polar surface area (TPSA) is 77.5 Å². The predicted octanol–water partition coefficient (Wildman–Crippen LogP) is 6.98. The van der Waals surface area contributed by atoms with Gasteiger partial charge in [0.2, 0.25) is 0 Å². The van der Waals surface area contributed by atoms with Crippen LogP contribution in [0.4, 0.5) is 22.0 Å². The lowest BCUT2D eigenvalue weighted by molar-refractivity contribution is -0.0499. The number of hydrogen-bond acceptors (Lipinski definition) is 5. The van der Waals surface area contributed by atoms with Crippen molar-refractivity contribution < 1.29 is 45.6 Å².